The van der Waals surface area contributed by atoms with Gasteiger partial charge in [-0.3, -0.25) is 9.89 Å². The topological polar surface area (TPSA) is 75.2 Å². The maximum absolute atomic E-state index is 10.9. The number of carboxylic acid groups (broad SMARTS) is 1. The maximum Gasteiger partial charge on any atom is 0.303 e. The van der Waals surface area contributed by atoms with Gasteiger partial charge in [0.05, 0.1) is 18.3 Å². The maximum atomic E-state index is 10.9. The minimum atomic E-state index is -0.790. The molecule has 0 unspecified atom stereocenters. The molecule has 0 aliphatic heterocycles. The van der Waals surface area contributed by atoms with E-state index in [0.717, 1.165) is 33.3 Å². The lowest BCUT2D eigenvalue weighted by Crippen LogP contribution is -2.06. The molecular weight excluding hydrogens is 316 g/mol. The van der Waals surface area contributed by atoms with Crippen molar-refractivity contribution in [3.05, 3.63) is 48.2 Å². The zero-order valence-corrected chi connectivity index (χ0v) is 14.5. The van der Waals surface area contributed by atoms with Crippen molar-refractivity contribution >= 4 is 16.9 Å². The lowest BCUT2D eigenvalue weighted by Gasteiger charge is -2.15. The second-order valence-electron chi connectivity index (χ2n) is 6.60. The summed E-state index contributed by atoms with van der Waals surface area (Å²) in [7, 11) is 0. The van der Waals surface area contributed by atoms with E-state index in [1.807, 2.05) is 30.3 Å². The van der Waals surface area contributed by atoms with Crippen LogP contribution >= 0.6 is 0 Å². The van der Waals surface area contributed by atoms with Crippen molar-refractivity contribution in [3.63, 3.8) is 0 Å². The average Bonchev–Trinajstić information content (AvgIpc) is 3.06. The third kappa shape index (κ3) is 4.18. The fraction of sp³-hybridized carbons (Fsp3) is 0.300. The molecule has 0 aliphatic carbocycles. The number of nitrogens with zero attached hydrogens (tertiary/aromatic N) is 1. The second kappa shape index (κ2) is 7.38. The Hall–Kier alpha value is -2.82. The Labute approximate surface area is 146 Å². The molecule has 0 bridgehead atoms. The van der Waals surface area contributed by atoms with E-state index in [1.54, 1.807) is 6.20 Å². The van der Waals surface area contributed by atoms with Gasteiger partial charge >= 0.3 is 5.97 Å². The summed E-state index contributed by atoms with van der Waals surface area (Å²) in [6.07, 6.45) is 2.41. The van der Waals surface area contributed by atoms with E-state index < -0.39 is 5.97 Å². The number of hydrogen-bond acceptors (Lipinski definition) is 3. The molecule has 5 heteroatoms. The Morgan fingerprint density at radius 3 is 2.84 bits per heavy atom. The first-order chi connectivity index (χ1) is 12.0. The van der Waals surface area contributed by atoms with Gasteiger partial charge in [-0.05, 0) is 47.7 Å². The van der Waals surface area contributed by atoms with Crippen molar-refractivity contribution < 1.29 is 14.6 Å². The van der Waals surface area contributed by atoms with Crippen molar-refractivity contribution in [2.24, 2.45) is 5.92 Å². The first kappa shape index (κ1) is 17.0. The summed E-state index contributed by atoms with van der Waals surface area (Å²) in [5, 5.41) is 17.0. The number of H-pyrrole nitrogens is 1. The highest BCUT2D eigenvalue weighted by Gasteiger charge is 2.11. The molecule has 5 nitrogen and oxygen atoms in total. The Morgan fingerprint density at radius 2 is 2.08 bits per heavy atom. The van der Waals surface area contributed by atoms with Crippen molar-refractivity contribution in [1.82, 2.24) is 10.2 Å². The number of nitrogens with one attached hydrogen (secondary N) is 1. The van der Waals surface area contributed by atoms with Crippen LogP contribution in [0.15, 0.2) is 42.6 Å². The largest absolute Gasteiger partial charge is 0.493 e. The van der Waals surface area contributed by atoms with Gasteiger partial charge in [0.2, 0.25) is 0 Å². The van der Waals surface area contributed by atoms with Gasteiger partial charge in [0.15, 0.2) is 0 Å². The van der Waals surface area contributed by atoms with E-state index in [1.165, 1.54) is 0 Å². The van der Waals surface area contributed by atoms with Crippen LogP contribution in [-0.4, -0.2) is 27.9 Å². The molecule has 0 radical (unpaired) electrons. The van der Waals surface area contributed by atoms with Crippen molar-refractivity contribution in [2.75, 3.05) is 6.61 Å². The molecule has 0 atom stereocenters. The number of ether oxygens (including phenoxy) is 1. The number of aromatic amines is 1. The molecule has 25 heavy (non-hydrogen) atoms. The number of aromatic nitrogens is 2. The lowest BCUT2D eigenvalue weighted by atomic mass is 9.99. The van der Waals surface area contributed by atoms with Crippen molar-refractivity contribution in [3.8, 4) is 16.9 Å². The number of aliphatic carboxylic acids is 1. The number of carboxylic acids is 1. The van der Waals surface area contributed by atoms with E-state index in [4.69, 9.17) is 9.84 Å². The van der Waals surface area contributed by atoms with Crippen LogP contribution in [0.5, 0.6) is 5.75 Å². The molecule has 0 spiro atoms. The molecule has 0 amide bonds. The number of hydrogen-bond donors (Lipinski definition) is 2. The van der Waals surface area contributed by atoms with E-state index in [9.17, 15) is 4.79 Å². The summed E-state index contributed by atoms with van der Waals surface area (Å²) in [5.41, 5.74) is 3.98. The third-order valence-electron chi connectivity index (χ3n) is 3.99. The molecule has 2 aromatic carbocycles. The van der Waals surface area contributed by atoms with Crippen LogP contribution in [0.2, 0.25) is 0 Å². The predicted octanol–water partition coefficient (Wildman–Crippen LogP) is 4.28. The highest BCUT2D eigenvalue weighted by Crippen LogP contribution is 2.33. The summed E-state index contributed by atoms with van der Waals surface area (Å²) < 4.78 is 5.99. The zero-order valence-electron chi connectivity index (χ0n) is 14.5. The minimum Gasteiger partial charge on any atom is -0.493 e. The summed E-state index contributed by atoms with van der Waals surface area (Å²) in [4.78, 5) is 10.9. The van der Waals surface area contributed by atoms with Gasteiger partial charge in [0.1, 0.15) is 5.75 Å². The van der Waals surface area contributed by atoms with Crippen LogP contribution in [-0.2, 0) is 11.2 Å². The van der Waals surface area contributed by atoms with Crippen molar-refractivity contribution in [1.29, 1.82) is 0 Å². The molecule has 3 aromatic rings. The highest BCUT2D eigenvalue weighted by molar-refractivity contribution is 5.85. The van der Waals surface area contributed by atoms with E-state index in [0.29, 0.717) is 18.9 Å². The molecule has 2 N–H and O–H groups in total. The SMILES string of the molecule is CC(C)COc1ccc(CCC(=O)O)cc1-c1ccc2[nH]ncc2c1. The van der Waals surface area contributed by atoms with Crippen LogP contribution in [0.3, 0.4) is 0 Å². The molecule has 1 heterocycles. The molecule has 130 valence electrons. The standard InChI is InChI=1S/C20H22N2O3/c1-13(2)12-25-19-7-3-14(4-8-20(23)24)9-17(19)15-5-6-18-16(10-15)11-21-22-18/h3,5-7,9-11,13H,4,8,12H2,1-2H3,(H,21,22)(H,23,24). The summed E-state index contributed by atoms with van der Waals surface area (Å²) in [6, 6.07) is 12.0. The second-order valence-corrected chi connectivity index (χ2v) is 6.60. The van der Waals surface area contributed by atoms with Crippen LogP contribution in [0.4, 0.5) is 0 Å². The quantitative estimate of drug-likeness (QED) is 0.674. The summed E-state index contributed by atoms with van der Waals surface area (Å²) >= 11 is 0. The van der Waals surface area contributed by atoms with Gasteiger partial charge < -0.3 is 9.84 Å². The predicted molar refractivity (Wildman–Crippen MR) is 97.8 cm³/mol. The summed E-state index contributed by atoms with van der Waals surface area (Å²) in [6.45, 7) is 4.85. The van der Waals surface area contributed by atoms with Gasteiger partial charge in [-0.2, -0.15) is 5.10 Å². The lowest BCUT2D eigenvalue weighted by molar-refractivity contribution is -0.136. The number of fused-ring (bicyclic) bond motifs is 1. The van der Waals surface area contributed by atoms with Crippen LogP contribution in [0.1, 0.15) is 25.8 Å². The van der Waals surface area contributed by atoms with Crippen LogP contribution in [0.25, 0.3) is 22.0 Å². The normalized spacial score (nSPS) is 11.2. The number of aryl methyl sites for hydroxylation is 1. The van der Waals surface area contributed by atoms with E-state index >= 15 is 0 Å². The Kier molecular flexibility index (Phi) is 5.03. The average molecular weight is 338 g/mol. The molecule has 1 aromatic heterocycles. The Balaban J connectivity index is 1.98. The molecule has 0 saturated carbocycles. The smallest absolute Gasteiger partial charge is 0.303 e. The van der Waals surface area contributed by atoms with Crippen LogP contribution < -0.4 is 4.74 Å². The monoisotopic (exact) mass is 338 g/mol. The first-order valence-electron chi connectivity index (χ1n) is 8.44. The molecule has 0 aliphatic rings. The Morgan fingerprint density at radius 1 is 1.24 bits per heavy atom. The molecule has 0 saturated heterocycles. The molecule has 0 fully saturated rings. The zero-order chi connectivity index (χ0) is 17.8. The van der Waals surface area contributed by atoms with Gasteiger partial charge in [-0.1, -0.05) is 26.0 Å². The van der Waals surface area contributed by atoms with E-state index in [2.05, 4.69) is 30.1 Å². The van der Waals surface area contributed by atoms with E-state index in [-0.39, 0.29) is 6.42 Å². The van der Waals surface area contributed by atoms with Crippen LogP contribution in [0, 0.1) is 5.92 Å². The minimum absolute atomic E-state index is 0.117. The number of rotatable bonds is 7. The molecule has 3 rings (SSSR count). The third-order valence-corrected chi connectivity index (χ3v) is 3.99. The fourth-order valence-electron chi connectivity index (χ4n) is 2.70. The number of benzene rings is 2. The molecular formula is C20H22N2O3. The Bertz CT molecular complexity index is 884. The van der Waals surface area contributed by atoms with Gasteiger partial charge in [0, 0.05) is 17.4 Å². The van der Waals surface area contributed by atoms with Gasteiger partial charge in [0.25, 0.3) is 0 Å². The first-order valence-corrected chi connectivity index (χ1v) is 8.44. The van der Waals surface area contributed by atoms with Crippen molar-refractivity contribution in [2.45, 2.75) is 26.7 Å². The van der Waals surface area contributed by atoms with Gasteiger partial charge in [-0.25, -0.2) is 0 Å². The fourth-order valence-corrected chi connectivity index (χ4v) is 2.70. The summed E-state index contributed by atoms with van der Waals surface area (Å²) in [5.74, 6) is 0.452. The van der Waals surface area contributed by atoms with Gasteiger partial charge in [-0.15, -0.1) is 0 Å². The highest BCUT2D eigenvalue weighted by atomic mass is 16.5. The number of carbonyl (C=O) groups is 1.